The zero-order valence-electron chi connectivity index (χ0n) is 20.6. The lowest BCUT2D eigenvalue weighted by Crippen LogP contribution is -2.24. The van der Waals surface area contributed by atoms with Gasteiger partial charge in [-0.15, -0.1) is 0 Å². The molecule has 6 heterocycles. The fraction of sp³-hybridized carbons (Fsp3) is 0.207. The van der Waals surface area contributed by atoms with E-state index in [4.69, 9.17) is 4.42 Å². The Kier molecular flexibility index (Phi) is 5.46. The van der Waals surface area contributed by atoms with Crippen LogP contribution in [-0.4, -0.2) is 36.0 Å². The fourth-order valence-corrected chi connectivity index (χ4v) is 5.37. The SMILES string of the molecule is O=C(Nc1cncc(-c2cnc3[nH]nc(-c4cc5c(-c6ccoc6)ccnc5[nH]4)c3c2)c1)C1CCCCC1. The van der Waals surface area contributed by atoms with Gasteiger partial charge in [0.15, 0.2) is 5.65 Å². The normalized spacial score (nSPS) is 14.3. The summed E-state index contributed by atoms with van der Waals surface area (Å²) in [6.45, 7) is 0. The molecule has 7 rings (SSSR count). The van der Waals surface area contributed by atoms with E-state index in [1.807, 2.05) is 24.3 Å². The molecule has 1 saturated carbocycles. The van der Waals surface area contributed by atoms with Crippen LogP contribution in [0.4, 0.5) is 5.69 Å². The van der Waals surface area contributed by atoms with Gasteiger partial charge in [-0.25, -0.2) is 9.97 Å². The predicted octanol–water partition coefficient (Wildman–Crippen LogP) is 6.34. The third-order valence-electron chi connectivity index (χ3n) is 7.35. The minimum Gasteiger partial charge on any atom is -0.472 e. The van der Waals surface area contributed by atoms with Crippen molar-refractivity contribution in [2.24, 2.45) is 5.92 Å². The number of nitrogens with zero attached hydrogens (tertiary/aromatic N) is 4. The van der Waals surface area contributed by atoms with Crippen molar-refractivity contribution in [2.45, 2.75) is 32.1 Å². The van der Waals surface area contributed by atoms with Crippen LogP contribution in [0, 0.1) is 5.92 Å². The van der Waals surface area contributed by atoms with Crippen molar-refractivity contribution in [3.8, 4) is 33.6 Å². The molecule has 0 atom stereocenters. The van der Waals surface area contributed by atoms with E-state index < -0.39 is 0 Å². The molecule has 38 heavy (non-hydrogen) atoms. The number of carbonyl (C=O) groups is 1. The Morgan fingerprint density at radius 1 is 0.921 bits per heavy atom. The van der Waals surface area contributed by atoms with Crippen molar-refractivity contribution in [3.63, 3.8) is 0 Å². The van der Waals surface area contributed by atoms with Crippen LogP contribution in [0.2, 0.25) is 0 Å². The monoisotopic (exact) mass is 503 g/mol. The van der Waals surface area contributed by atoms with Crippen LogP contribution in [0.25, 0.3) is 55.7 Å². The molecule has 9 heteroatoms. The number of amides is 1. The van der Waals surface area contributed by atoms with Gasteiger partial charge in [0.1, 0.15) is 11.3 Å². The maximum absolute atomic E-state index is 12.8. The highest BCUT2D eigenvalue weighted by molar-refractivity contribution is 6.00. The van der Waals surface area contributed by atoms with Gasteiger partial charge in [-0.3, -0.25) is 14.9 Å². The van der Waals surface area contributed by atoms with Crippen LogP contribution < -0.4 is 5.32 Å². The standard InChI is InChI=1S/C29H25N7O2/c37-29(17-4-2-1-3-5-17)33-21-10-19(13-30-15-21)20-11-24-26(35-36-28(24)32-14-20)25-12-23-22(18-7-9-38-16-18)6-8-31-27(23)34-25/h6-17H,1-5H2,(H,31,34)(H,33,37)(H,32,35,36). The molecule has 0 spiro atoms. The molecule has 6 aromatic heterocycles. The first-order valence-corrected chi connectivity index (χ1v) is 12.8. The highest BCUT2D eigenvalue weighted by atomic mass is 16.3. The van der Waals surface area contributed by atoms with Crippen LogP contribution in [0.5, 0.6) is 0 Å². The summed E-state index contributed by atoms with van der Waals surface area (Å²) in [6, 6.07) is 9.94. The number of anilines is 1. The fourth-order valence-electron chi connectivity index (χ4n) is 5.37. The molecular formula is C29H25N7O2. The van der Waals surface area contributed by atoms with Crippen LogP contribution >= 0.6 is 0 Å². The number of carbonyl (C=O) groups excluding carboxylic acids is 1. The smallest absolute Gasteiger partial charge is 0.227 e. The molecule has 1 amide bonds. The largest absolute Gasteiger partial charge is 0.472 e. The number of H-pyrrole nitrogens is 2. The van der Waals surface area contributed by atoms with Gasteiger partial charge >= 0.3 is 0 Å². The van der Waals surface area contributed by atoms with Crippen LogP contribution in [0.15, 0.2) is 72.1 Å². The quantitative estimate of drug-likeness (QED) is 0.252. The Morgan fingerprint density at radius 3 is 2.68 bits per heavy atom. The maximum Gasteiger partial charge on any atom is 0.227 e. The summed E-state index contributed by atoms with van der Waals surface area (Å²) in [6.07, 6.45) is 15.8. The van der Waals surface area contributed by atoms with E-state index in [0.717, 1.165) is 75.7 Å². The molecule has 0 aliphatic heterocycles. The molecular weight excluding hydrogens is 478 g/mol. The highest BCUT2D eigenvalue weighted by Gasteiger charge is 2.21. The first-order valence-electron chi connectivity index (χ1n) is 12.8. The number of pyridine rings is 3. The summed E-state index contributed by atoms with van der Waals surface area (Å²) in [5.41, 5.74) is 7.50. The number of aromatic nitrogens is 6. The predicted molar refractivity (Wildman–Crippen MR) is 145 cm³/mol. The lowest BCUT2D eigenvalue weighted by atomic mass is 9.88. The molecule has 0 bridgehead atoms. The highest BCUT2D eigenvalue weighted by Crippen LogP contribution is 2.34. The number of aromatic amines is 2. The van der Waals surface area contributed by atoms with E-state index in [1.165, 1.54) is 6.42 Å². The zero-order valence-corrected chi connectivity index (χ0v) is 20.6. The average molecular weight is 504 g/mol. The van der Waals surface area contributed by atoms with Crippen molar-refractivity contribution in [3.05, 3.63) is 67.6 Å². The van der Waals surface area contributed by atoms with Gasteiger partial charge in [-0.2, -0.15) is 5.10 Å². The van der Waals surface area contributed by atoms with Crippen LogP contribution in [0.3, 0.4) is 0 Å². The summed E-state index contributed by atoms with van der Waals surface area (Å²) in [5, 5.41) is 12.5. The third-order valence-corrected chi connectivity index (χ3v) is 7.35. The second kappa shape index (κ2) is 9.26. The van der Waals surface area contributed by atoms with Crippen molar-refractivity contribution < 1.29 is 9.21 Å². The molecule has 1 fully saturated rings. The Morgan fingerprint density at radius 2 is 1.82 bits per heavy atom. The number of fused-ring (bicyclic) bond motifs is 2. The zero-order chi connectivity index (χ0) is 25.5. The lowest BCUT2D eigenvalue weighted by molar-refractivity contribution is -0.120. The molecule has 0 aromatic carbocycles. The molecule has 9 nitrogen and oxygen atoms in total. The van der Waals surface area contributed by atoms with E-state index in [2.05, 4.69) is 41.5 Å². The number of rotatable bonds is 5. The Labute approximate surface area is 217 Å². The van der Waals surface area contributed by atoms with Gasteiger partial charge in [0.05, 0.1) is 30.1 Å². The molecule has 0 unspecified atom stereocenters. The topological polar surface area (TPSA) is 125 Å². The third kappa shape index (κ3) is 4.02. The minimum atomic E-state index is 0.0801. The van der Waals surface area contributed by atoms with Gasteiger partial charge in [0, 0.05) is 52.0 Å². The second-order valence-electron chi connectivity index (χ2n) is 9.79. The van der Waals surface area contributed by atoms with Gasteiger partial charge in [0.25, 0.3) is 0 Å². The maximum atomic E-state index is 12.8. The van der Waals surface area contributed by atoms with E-state index >= 15 is 0 Å². The van der Waals surface area contributed by atoms with E-state index in [0.29, 0.717) is 11.3 Å². The summed E-state index contributed by atoms with van der Waals surface area (Å²) < 4.78 is 5.29. The van der Waals surface area contributed by atoms with E-state index in [9.17, 15) is 4.79 Å². The first-order chi connectivity index (χ1) is 18.7. The van der Waals surface area contributed by atoms with Gasteiger partial charge in [-0.1, -0.05) is 19.3 Å². The van der Waals surface area contributed by atoms with Gasteiger partial charge in [-0.05, 0) is 48.7 Å². The van der Waals surface area contributed by atoms with Crippen molar-refractivity contribution in [1.29, 1.82) is 0 Å². The number of hydrogen-bond acceptors (Lipinski definition) is 6. The Bertz CT molecular complexity index is 1760. The molecule has 188 valence electrons. The molecule has 0 saturated heterocycles. The number of furan rings is 1. The second-order valence-corrected chi connectivity index (χ2v) is 9.79. The molecule has 0 radical (unpaired) electrons. The number of nitrogens with one attached hydrogen (secondary N) is 3. The van der Waals surface area contributed by atoms with Crippen LogP contribution in [0.1, 0.15) is 32.1 Å². The van der Waals surface area contributed by atoms with Crippen molar-refractivity contribution in [1.82, 2.24) is 30.1 Å². The molecule has 3 N–H and O–H groups in total. The summed E-state index contributed by atoms with van der Waals surface area (Å²) in [4.78, 5) is 29.7. The minimum absolute atomic E-state index is 0.0801. The number of hydrogen-bond donors (Lipinski definition) is 3. The van der Waals surface area contributed by atoms with E-state index in [-0.39, 0.29) is 11.8 Å². The van der Waals surface area contributed by atoms with Crippen molar-refractivity contribution in [2.75, 3.05) is 5.32 Å². The summed E-state index contributed by atoms with van der Waals surface area (Å²) in [7, 11) is 0. The summed E-state index contributed by atoms with van der Waals surface area (Å²) in [5.74, 6) is 0.162. The average Bonchev–Trinajstić information content (AvgIpc) is 3.73. The first kappa shape index (κ1) is 22.4. The van der Waals surface area contributed by atoms with Gasteiger partial charge < -0.3 is 14.7 Å². The van der Waals surface area contributed by atoms with Crippen molar-refractivity contribution >= 4 is 33.7 Å². The van der Waals surface area contributed by atoms with Crippen LogP contribution in [-0.2, 0) is 4.79 Å². The molecule has 1 aliphatic rings. The Balaban J connectivity index is 1.23. The molecule has 6 aromatic rings. The lowest BCUT2D eigenvalue weighted by Gasteiger charge is -2.20. The van der Waals surface area contributed by atoms with Gasteiger partial charge in [0.2, 0.25) is 5.91 Å². The Hall–Kier alpha value is -4.79. The summed E-state index contributed by atoms with van der Waals surface area (Å²) >= 11 is 0. The molecule has 1 aliphatic carbocycles. The van der Waals surface area contributed by atoms with E-state index in [1.54, 1.807) is 37.3 Å².